The second kappa shape index (κ2) is 4.29. The van der Waals surface area contributed by atoms with Crippen molar-refractivity contribution in [2.24, 2.45) is 5.92 Å². The van der Waals surface area contributed by atoms with Crippen LogP contribution in [-0.4, -0.2) is 16.7 Å². The van der Waals surface area contributed by atoms with Crippen molar-refractivity contribution < 1.29 is 4.34 Å². The molecule has 0 amide bonds. The molecule has 0 aromatic heterocycles. The molecule has 0 fully saturated rings. The first-order chi connectivity index (χ1) is 6.02. The van der Waals surface area contributed by atoms with Gasteiger partial charge in [-0.3, -0.25) is 0 Å². The van der Waals surface area contributed by atoms with Gasteiger partial charge in [-0.1, -0.05) is 45.7 Å². The SMILES string of the molecule is CC(C)C(C)(C)[SiH2]OB1C=[C]C=C1. The second-order valence-corrected chi connectivity index (χ2v) is 7.06. The van der Waals surface area contributed by atoms with Crippen LogP contribution in [0.2, 0.25) is 5.04 Å². The third-order valence-corrected chi connectivity index (χ3v) is 4.97. The van der Waals surface area contributed by atoms with Crippen LogP contribution in [0, 0.1) is 12.0 Å². The largest absolute Gasteiger partial charge is 0.474 e. The molecule has 1 aliphatic heterocycles. The van der Waals surface area contributed by atoms with Gasteiger partial charge in [-0.15, -0.1) is 0 Å². The summed E-state index contributed by atoms with van der Waals surface area (Å²) in [6.45, 7) is 9.35. The molecule has 0 aromatic carbocycles. The van der Waals surface area contributed by atoms with Crippen LogP contribution in [0.25, 0.3) is 0 Å². The molecule has 0 N–H and O–H groups in total. The minimum Gasteiger partial charge on any atom is -0.474 e. The molecule has 0 unspecified atom stereocenters. The number of allylic oxidation sites excluding steroid dienone is 2. The van der Waals surface area contributed by atoms with Crippen LogP contribution in [-0.2, 0) is 4.34 Å². The average Bonchev–Trinajstić information content (AvgIpc) is 2.52. The van der Waals surface area contributed by atoms with Gasteiger partial charge in [-0.05, 0) is 17.0 Å². The lowest BCUT2D eigenvalue weighted by atomic mass is 9.72. The van der Waals surface area contributed by atoms with Crippen LogP contribution in [0.1, 0.15) is 27.7 Å². The first-order valence-corrected chi connectivity index (χ1v) is 6.18. The van der Waals surface area contributed by atoms with Crippen molar-refractivity contribution in [1.82, 2.24) is 0 Å². The van der Waals surface area contributed by atoms with Gasteiger partial charge in [0.2, 0.25) is 0 Å². The maximum absolute atomic E-state index is 5.86. The van der Waals surface area contributed by atoms with E-state index in [9.17, 15) is 0 Å². The zero-order valence-corrected chi connectivity index (χ0v) is 10.4. The Morgan fingerprint density at radius 2 is 2.15 bits per heavy atom. The molecule has 0 saturated heterocycles. The first-order valence-electron chi connectivity index (χ1n) is 4.90. The van der Waals surface area contributed by atoms with E-state index < -0.39 is 9.76 Å². The zero-order valence-electron chi connectivity index (χ0n) is 9.00. The van der Waals surface area contributed by atoms with Gasteiger partial charge in [0, 0.05) is 0 Å². The predicted molar refractivity (Wildman–Crippen MR) is 61.2 cm³/mol. The monoisotopic (exact) mass is 193 g/mol. The fraction of sp³-hybridized carbons (Fsp3) is 0.600. The highest BCUT2D eigenvalue weighted by Crippen LogP contribution is 2.32. The Bertz CT molecular complexity index is 209. The Morgan fingerprint density at radius 3 is 2.62 bits per heavy atom. The molecule has 0 spiro atoms. The summed E-state index contributed by atoms with van der Waals surface area (Å²) >= 11 is 0. The third kappa shape index (κ3) is 3.16. The third-order valence-electron chi connectivity index (χ3n) is 2.85. The van der Waals surface area contributed by atoms with E-state index >= 15 is 0 Å². The second-order valence-electron chi connectivity index (χ2n) is 4.61. The Kier molecular flexibility index (Phi) is 3.56. The zero-order chi connectivity index (χ0) is 9.90. The van der Waals surface area contributed by atoms with Gasteiger partial charge in [0.1, 0.15) is 9.76 Å². The van der Waals surface area contributed by atoms with Crippen LogP contribution in [0.4, 0.5) is 0 Å². The highest BCUT2D eigenvalue weighted by molar-refractivity contribution is 6.69. The number of hydrogen-bond donors (Lipinski definition) is 0. The molecule has 1 nitrogen and oxygen atoms in total. The number of rotatable bonds is 4. The van der Waals surface area contributed by atoms with Crippen LogP contribution in [0.15, 0.2) is 18.0 Å². The van der Waals surface area contributed by atoms with E-state index in [-0.39, 0.29) is 6.92 Å². The van der Waals surface area contributed by atoms with E-state index in [0.717, 1.165) is 0 Å². The van der Waals surface area contributed by atoms with Gasteiger partial charge in [-0.2, -0.15) is 0 Å². The molecule has 3 heteroatoms. The molecule has 0 aromatic rings. The highest BCUT2D eigenvalue weighted by atomic mass is 28.2. The van der Waals surface area contributed by atoms with Crippen molar-refractivity contribution in [2.75, 3.05) is 0 Å². The van der Waals surface area contributed by atoms with Gasteiger partial charge in [0.05, 0.1) is 0 Å². The summed E-state index contributed by atoms with van der Waals surface area (Å²) in [4.78, 5) is 0. The van der Waals surface area contributed by atoms with Crippen molar-refractivity contribution in [2.45, 2.75) is 32.7 Å². The van der Waals surface area contributed by atoms with Crippen LogP contribution in [0.5, 0.6) is 0 Å². The van der Waals surface area contributed by atoms with Gasteiger partial charge >= 0.3 is 6.92 Å². The topological polar surface area (TPSA) is 9.23 Å². The minimum atomic E-state index is -0.460. The molecule has 1 aliphatic rings. The van der Waals surface area contributed by atoms with Crippen LogP contribution < -0.4 is 0 Å². The van der Waals surface area contributed by atoms with E-state index in [1.807, 2.05) is 12.1 Å². The fourth-order valence-corrected chi connectivity index (χ4v) is 2.10. The standard InChI is InChI=1S/C10H18BOSi/c1-9(2)10(3,4)13-12-11-7-5-6-8-11/h5,7-9H,13H2,1-4H3. The van der Waals surface area contributed by atoms with Crippen molar-refractivity contribution in [3.05, 3.63) is 24.1 Å². The van der Waals surface area contributed by atoms with E-state index in [1.165, 1.54) is 0 Å². The summed E-state index contributed by atoms with van der Waals surface area (Å²) in [6.07, 6.45) is 4.96. The number of hydrogen-bond acceptors (Lipinski definition) is 1. The first kappa shape index (κ1) is 10.8. The predicted octanol–water partition coefficient (Wildman–Crippen LogP) is 1.94. The molecule has 1 rings (SSSR count). The Morgan fingerprint density at radius 1 is 1.46 bits per heavy atom. The minimum absolute atomic E-state index is 0.213. The van der Waals surface area contributed by atoms with Gasteiger partial charge < -0.3 is 4.34 Å². The maximum Gasteiger partial charge on any atom is 0.336 e. The van der Waals surface area contributed by atoms with Crippen molar-refractivity contribution in [1.29, 1.82) is 0 Å². The molecule has 0 bridgehead atoms. The normalized spacial score (nSPS) is 17.2. The Hall–Kier alpha value is -0.278. The van der Waals surface area contributed by atoms with E-state index in [4.69, 9.17) is 4.34 Å². The molecular formula is C10H18BOSi. The van der Waals surface area contributed by atoms with Crippen molar-refractivity contribution in [3.63, 3.8) is 0 Å². The van der Waals surface area contributed by atoms with Gasteiger partial charge in [0.15, 0.2) is 0 Å². The fourth-order valence-electron chi connectivity index (χ4n) is 0.938. The Balaban J connectivity index is 2.33. The summed E-state index contributed by atoms with van der Waals surface area (Å²) in [5, 5.41) is 0.393. The quantitative estimate of drug-likeness (QED) is 0.620. The summed E-state index contributed by atoms with van der Waals surface area (Å²) in [7, 11) is -0.460. The van der Waals surface area contributed by atoms with E-state index in [2.05, 4.69) is 39.7 Å². The molecule has 1 radical (unpaired) electrons. The van der Waals surface area contributed by atoms with Crippen molar-refractivity contribution >= 4 is 16.7 Å². The molecular weight excluding hydrogens is 175 g/mol. The average molecular weight is 193 g/mol. The van der Waals surface area contributed by atoms with E-state index in [0.29, 0.717) is 11.0 Å². The van der Waals surface area contributed by atoms with Crippen LogP contribution >= 0.6 is 0 Å². The summed E-state index contributed by atoms with van der Waals surface area (Å²) in [6, 6.07) is 0. The lowest BCUT2D eigenvalue weighted by molar-refractivity contribution is 0.433. The highest BCUT2D eigenvalue weighted by Gasteiger charge is 2.25. The molecule has 1 heterocycles. The summed E-state index contributed by atoms with van der Waals surface area (Å²) in [5.74, 6) is 4.75. The molecule has 0 atom stereocenters. The smallest absolute Gasteiger partial charge is 0.336 e. The van der Waals surface area contributed by atoms with Gasteiger partial charge in [0.25, 0.3) is 0 Å². The Labute approximate surface area is 84.3 Å². The summed E-state index contributed by atoms with van der Waals surface area (Å²) < 4.78 is 5.86. The lowest BCUT2D eigenvalue weighted by Gasteiger charge is -2.29. The van der Waals surface area contributed by atoms with Crippen molar-refractivity contribution in [3.8, 4) is 0 Å². The molecule has 13 heavy (non-hydrogen) atoms. The molecule has 0 aliphatic carbocycles. The maximum atomic E-state index is 5.86. The van der Waals surface area contributed by atoms with E-state index in [1.54, 1.807) is 0 Å². The summed E-state index contributed by atoms with van der Waals surface area (Å²) in [5.41, 5.74) is 0. The molecule has 71 valence electrons. The lowest BCUT2D eigenvalue weighted by Crippen LogP contribution is -2.26. The molecule has 0 saturated carbocycles. The van der Waals surface area contributed by atoms with Crippen LogP contribution in [0.3, 0.4) is 0 Å². The van der Waals surface area contributed by atoms with Gasteiger partial charge in [-0.25, -0.2) is 0 Å².